The lowest BCUT2D eigenvalue weighted by Crippen LogP contribution is -2.43. The first-order chi connectivity index (χ1) is 9.58. The van der Waals surface area contributed by atoms with Crippen molar-refractivity contribution in [3.63, 3.8) is 0 Å². The second-order valence-corrected chi connectivity index (χ2v) is 7.02. The second kappa shape index (κ2) is 5.66. The van der Waals surface area contributed by atoms with Crippen LogP contribution >= 0.6 is 27.5 Å². The van der Waals surface area contributed by atoms with Crippen molar-refractivity contribution in [1.29, 1.82) is 0 Å². The summed E-state index contributed by atoms with van der Waals surface area (Å²) in [7, 11) is 0. The quantitative estimate of drug-likeness (QED) is 0.878. The summed E-state index contributed by atoms with van der Waals surface area (Å²) in [5.74, 6) is 0.224. The zero-order chi connectivity index (χ0) is 14.3. The molecule has 1 aromatic rings. The van der Waals surface area contributed by atoms with Crippen LogP contribution in [0.3, 0.4) is 0 Å². The van der Waals surface area contributed by atoms with Crippen LogP contribution in [-0.2, 0) is 4.79 Å². The van der Waals surface area contributed by atoms with Gasteiger partial charge in [0.05, 0.1) is 6.04 Å². The van der Waals surface area contributed by atoms with E-state index < -0.39 is 0 Å². The van der Waals surface area contributed by atoms with Crippen molar-refractivity contribution in [2.45, 2.75) is 50.2 Å². The minimum Gasteiger partial charge on any atom is -0.331 e. The van der Waals surface area contributed by atoms with Gasteiger partial charge < -0.3 is 10.6 Å². The summed E-state index contributed by atoms with van der Waals surface area (Å²) >= 11 is 9.86. The monoisotopic (exact) mass is 356 g/mol. The molecule has 0 aromatic heterocycles. The minimum absolute atomic E-state index is 0.0474. The maximum Gasteiger partial charge on any atom is 0.223 e. The fraction of sp³-hybridized carbons (Fsp3) is 0.533. The molecule has 1 heterocycles. The lowest BCUT2D eigenvalue weighted by molar-refractivity contribution is -0.133. The number of carbonyl (C=O) groups is 1. The SMILES string of the molecule is NC1CCCC(=O)N(C2CC2)C1c1cc(Br)ccc1Cl. The van der Waals surface area contributed by atoms with Gasteiger partial charge in [-0.25, -0.2) is 0 Å². The Hall–Kier alpha value is -0.580. The van der Waals surface area contributed by atoms with E-state index in [4.69, 9.17) is 17.3 Å². The molecule has 1 aliphatic heterocycles. The van der Waals surface area contributed by atoms with Gasteiger partial charge in [-0.1, -0.05) is 27.5 Å². The van der Waals surface area contributed by atoms with Crippen molar-refractivity contribution < 1.29 is 4.79 Å². The Morgan fingerprint density at radius 1 is 1.30 bits per heavy atom. The molecule has 2 aliphatic rings. The van der Waals surface area contributed by atoms with Crippen LogP contribution in [0, 0.1) is 0 Å². The predicted molar refractivity (Wildman–Crippen MR) is 83.6 cm³/mol. The van der Waals surface area contributed by atoms with Crippen LogP contribution in [0.25, 0.3) is 0 Å². The zero-order valence-corrected chi connectivity index (χ0v) is 13.5. The number of nitrogens with zero attached hydrogens (tertiary/aromatic N) is 1. The van der Waals surface area contributed by atoms with Crippen molar-refractivity contribution in [1.82, 2.24) is 4.90 Å². The van der Waals surface area contributed by atoms with Crippen LogP contribution in [-0.4, -0.2) is 22.9 Å². The van der Waals surface area contributed by atoms with Gasteiger partial charge in [0.15, 0.2) is 0 Å². The van der Waals surface area contributed by atoms with Crippen LogP contribution < -0.4 is 5.73 Å². The zero-order valence-electron chi connectivity index (χ0n) is 11.2. The van der Waals surface area contributed by atoms with E-state index in [0.717, 1.165) is 35.7 Å². The third-order valence-corrected chi connectivity index (χ3v) is 4.98. The van der Waals surface area contributed by atoms with Gasteiger partial charge in [-0.2, -0.15) is 0 Å². The van der Waals surface area contributed by atoms with Gasteiger partial charge in [0.25, 0.3) is 0 Å². The van der Waals surface area contributed by atoms with Crippen molar-refractivity contribution >= 4 is 33.4 Å². The Morgan fingerprint density at radius 2 is 2.05 bits per heavy atom. The molecule has 1 aliphatic carbocycles. The van der Waals surface area contributed by atoms with Crippen molar-refractivity contribution in [3.8, 4) is 0 Å². The van der Waals surface area contributed by atoms with E-state index >= 15 is 0 Å². The van der Waals surface area contributed by atoms with Crippen LogP contribution in [0.4, 0.5) is 0 Å². The molecule has 1 amide bonds. The van der Waals surface area contributed by atoms with Gasteiger partial charge in [-0.05, 0) is 49.4 Å². The topological polar surface area (TPSA) is 46.3 Å². The lowest BCUT2D eigenvalue weighted by atomic mass is 9.96. The second-order valence-electron chi connectivity index (χ2n) is 5.70. The van der Waals surface area contributed by atoms with Crippen LogP contribution in [0.1, 0.15) is 43.7 Å². The predicted octanol–water partition coefficient (Wildman–Crippen LogP) is 3.65. The van der Waals surface area contributed by atoms with Crippen molar-refractivity contribution in [2.75, 3.05) is 0 Å². The molecule has 0 bridgehead atoms. The molecule has 0 radical (unpaired) electrons. The van der Waals surface area contributed by atoms with Gasteiger partial charge >= 0.3 is 0 Å². The van der Waals surface area contributed by atoms with Gasteiger partial charge in [0.1, 0.15) is 0 Å². The highest BCUT2D eigenvalue weighted by atomic mass is 79.9. The van der Waals surface area contributed by atoms with Crippen LogP contribution in [0.15, 0.2) is 22.7 Å². The molecule has 108 valence electrons. The Bertz CT molecular complexity index is 533. The summed E-state index contributed by atoms with van der Waals surface area (Å²) in [5, 5.41) is 0.689. The molecule has 5 heteroatoms. The maximum absolute atomic E-state index is 12.4. The fourth-order valence-electron chi connectivity index (χ4n) is 3.04. The lowest BCUT2D eigenvalue weighted by Gasteiger charge is -2.34. The third-order valence-electron chi connectivity index (χ3n) is 4.14. The number of rotatable bonds is 2. The summed E-state index contributed by atoms with van der Waals surface area (Å²) in [6.45, 7) is 0. The number of amides is 1. The highest BCUT2D eigenvalue weighted by Crippen LogP contribution is 2.41. The molecule has 3 rings (SSSR count). The van der Waals surface area contributed by atoms with E-state index in [1.54, 1.807) is 0 Å². The first kappa shape index (κ1) is 14.4. The number of halogens is 2. The number of benzene rings is 1. The summed E-state index contributed by atoms with van der Waals surface area (Å²) in [6.07, 6.45) is 4.50. The van der Waals surface area contributed by atoms with Gasteiger partial charge in [0, 0.05) is 28.0 Å². The van der Waals surface area contributed by atoms with Crippen LogP contribution in [0.2, 0.25) is 5.02 Å². The Morgan fingerprint density at radius 3 is 2.75 bits per heavy atom. The maximum atomic E-state index is 12.4. The average Bonchev–Trinajstić information content (AvgIpc) is 3.22. The number of hydrogen-bond donors (Lipinski definition) is 1. The number of likely N-dealkylation sites (tertiary alicyclic amines) is 1. The molecule has 0 spiro atoms. The molecule has 2 N–H and O–H groups in total. The van der Waals surface area contributed by atoms with Crippen LogP contribution in [0.5, 0.6) is 0 Å². The van der Waals surface area contributed by atoms with E-state index in [9.17, 15) is 4.79 Å². The van der Waals surface area contributed by atoms with Gasteiger partial charge in [-0.15, -0.1) is 0 Å². The van der Waals surface area contributed by atoms with E-state index in [-0.39, 0.29) is 18.0 Å². The summed E-state index contributed by atoms with van der Waals surface area (Å²) in [5.41, 5.74) is 7.35. The summed E-state index contributed by atoms with van der Waals surface area (Å²) in [4.78, 5) is 14.4. The van der Waals surface area contributed by atoms with E-state index in [1.807, 2.05) is 23.1 Å². The first-order valence-corrected chi connectivity index (χ1v) is 8.26. The Balaban J connectivity index is 2.04. The molecule has 2 atom stereocenters. The molecule has 1 saturated carbocycles. The standard InChI is InChI=1S/C15H18BrClN2O/c16-9-4-7-12(17)11(8-9)15-13(18)2-1-3-14(20)19(15)10-5-6-10/h4,7-8,10,13,15H,1-3,5-6,18H2. The number of hydrogen-bond acceptors (Lipinski definition) is 2. The normalized spacial score (nSPS) is 27.6. The van der Waals surface area contributed by atoms with Crippen molar-refractivity contribution in [2.24, 2.45) is 5.73 Å². The molecular weight excluding hydrogens is 340 g/mol. The highest BCUT2D eigenvalue weighted by molar-refractivity contribution is 9.10. The summed E-state index contributed by atoms with van der Waals surface area (Å²) < 4.78 is 0.969. The third kappa shape index (κ3) is 2.74. The number of carbonyl (C=O) groups excluding carboxylic acids is 1. The molecular formula is C15H18BrClN2O. The molecule has 1 saturated heterocycles. The largest absolute Gasteiger partial charge is 0.331 e. The minimum atomic E-state index is -0.0949. The van der Waals surface area contributed by atoms with Gasteiger partial charge in [-0.3, -0.25) is 4.79 Å². The molecule has 3 nitrogen and oxygen atoms in total. The smallest absolute Gasteiger partial charge is 0.223 e. The van der Waals surface area contributed by atoms with Gasteiger partial charge in [0.2, 0.25) is 5.91 Å². The Kier molecular flexibility index (Phi) is 4.07. The molecule has 2 fully saturated rings. The number of nitrogens with two attached hydrogens (primary N) is 1. The average molecular weight is 358 g/mol. The van der Waals surface area contributed by atoms with Crippen molar-refractivity contribution in [3.05, 3.63) is 33.3 Å². The van der Waals surface area contributed by atoms with E-state index in [2.05, 4.69) is 15.9 Å². The molecule has 2 unspecified atom stereocenters. The molecule has 20 heavy (non-hydrogen) atoms. The van der Waals surface area contributed by atoms with E-state index in [0.29, 0.717) is 17.5 Å². The first-order valence-electron chi connectivity index (χ1n) is 7.09. The Labute approximate surface area is 132 Å². The highest BCUT2D eigenvalue weighted by Gasteiger charge is 2.42. The summed E-state index contributed by atoms with van der Waals surface area (Å²) in [6, 6.07) is 6.00. The molecule has 1 aromatic carbocycles. The fourth-order valence-corrected chi connectivity index (χ4v) is 3.65. The van der Waals surface area contributed by atoms with E-state index in [1.165, 1.54) is 0 Å².